The maximum absolute atomic E-state index is 11.3. The normalized spacial score (nSPS) is 10.6. The fourth-order valence-corrected chi connectivity index (χ4v) is 2.70. The average Bonchev–Trinajstić information content (AvgIpc) is 2.75. The number of ether oxygens (including phenoxy) is 1. The average molecular weight is 295 g/mol. The first kappa shape index (κ1) is 14.2. The Balaban J connectivity index is 2.51. The smallest absolute Gasteiger partial charge is 0.325 e. The van der Waals surface area contributed by atoms with E-state index in [4.69, 9.17) is 0 Å². The summed E-state index contributed by atoms with van der Waals surface area (Å²) in [6, 6.07) is 3.11. The van der Waals surface area contributed by atoms with Crippen molar-refractivity contribution < 1.29 is 14.5 Å². The lowest BCUT2D eigenvalue weighted by molar-refractivity contribution is -0.384. The number of fused-ring (bicyclic) bond motifs is 1. The molecule has 20 heavy (non-hydrogen) atoms. The van der Waals surface area contributed by atoms with Crippen molar-refractivity contribution >= 4 is 38.9 Å². The van der Waals surface area contributed by atoms with E-state index in [1.807, 2.05) is 6.92 Å². The van der Waals surface area contributed by atoms with Crippen LogP contribution in [0, 0.1) is 17.0 Å². The van der Waals surface area contributed by atoms with Crippen molar-refractivity contribution in [3.63, 3.8) is 0 Å². The molecule has 0 amide bonds. The Morgan fingerprint density at radius 3 is 2.85 bits per heavy atom. The molecule has 8 heteroatoms. The number of methoxy groups -OCH3 is 1. The Morgan fingerprint density at radius 1 is 1.55 bits per heavy atom. The summed E-state index contributed by atoms with van der Waals surface area (Å²) in [6.45, 7) is 1.78. The SMILES string of the molecule is COC(=O)CN(C)c1cc2nc(C)sc2cc1[N+](=O)[O-]. The van der Waals surface area contributed by atoms with E-state index >= 15 is 0 Å². The Morgan fingerprint density at radius 2 is 2.25 bits per heavy atom. The zero-order valence-corrected chi connectivity index (χ0v) is 12.1. The Kier molecular flexibility index (Phi) is 3.84. The van der Waals surface area contributed by atoms with Crippen molar-refractivity contribution in [3.8, 4) is 0 Å². The van der Waals surface area contributed by atoms with Gasteiger partial charge in [0.15, 0.2) is 0 Å². The predicted octanol–water partition coefficient (Wildman–Crippen LogP) is 2.12. The standard InChI is InChI=1S/C12H13N3O4S/c1-7-13-8-4-9(14(2)6-12(16)19-3)10(15(17)18)5-11(8)20-7/h4-5H,6H2,1-3H3. The van der Waals surface area contributed by atoms with Crippen molar-refractivity contribution in [2.24, 2.45) is 0 Å². The number of carbonyl (C=O) groups is 1. The fraction of sp³-hybridized carbons (Fsp3) is 0.333. The van der Waals surface area contributed by atoms with E-state index in [1.165, 1.54) is 29.4 Å². The second-order valence-electron chi connectivity index (χ2n) is 4.23. The number of nitro benzene ring substituents is 1. The lowest BCUT2D eigenvalue weighted by atomic mass is 10.2. The topological polar surface area (TPSA) is 85.6 Å². The molecular formula is C12H13N3O4S. The highest BCUT2D eigenvalue weighted by molar-refractivity contribution is 7.18. The van der Waals surface area contributed by atoms with Gasteiger partial charge in [-0.3, -0.25) is 14.9 Å². The first-order chi connectivity index (χ1) is 9.42. The zero-order valence-electron chi connectivity index (χ0n) is 11.2. The maximum Gasteiger partial charge on any atom is 0.325 e. The van der Waals surface area contributed by atoms with E-state index in [-0.39, 0.29) is 12.2 Å². The molecule has 0 atom stereocenters. The summed E-state index contributed by atoms with van der Waals surface area (Å²) in [4.78, 5) is 27.8. The summed E-state index contributed by atoms with van der Waals surface area (Å²) in [6.07, 6.45) is 0. The summed E-state index contributed by atoms with van der Waals surface area (Å²) < 4.78 is 5.32. The fourth-order valence-electron chi connectivity index (χ4n) is 1.86. The number of likely N-dealkylation sites (N-methyl/N-ethyl adjacent to an activating group) is 1. The van der Waals surface area contributed by atoms with Crippen molar-refractivity contribution in [2.45, 2.75) is 6.92 Å². The first-order valence-electron chi connectivity index (χ1n) is 5.76. The summed E-state index contributed by atoms with van der Waals surface area (Å²) in [5, 5.41) is 12.0. The van der Waals surface area contributed by atoms with Crippen LogP contribution in [-0.4, -0.2) is 36.6 Å². The highest BCUT2D eigenvalue weighted by Crippen LogP contribution is 2.34. The number of nitrogens with zero attached hydrogens (tertiary/aromatic N) is 3. The molecule has 0 bridgehead atoms. The van der Waals surface area contributed by atoms with Crippen molar-refractivity contribution in [2.75, 3.05) is 25.6 Å². The molecule has 0 aliphatic heterocycles. The lowest BCUT2D eigenvalue weighted by Crippen LogP contribution is -2.26. The Labute approximate surface area is 118 Å². The van der Waals surface area contributed by atoms with Crippen LogP contribution in [0.1, 0.15) is 5.01 Å². The number of benzene rings is 1. The quantitative estimate of drug-likeness (QED) is 0.488. The number of aromatic nitrogens is 1. The molecule has 0 radical (unpaired) electrons. The van der Waals surface area contributed by atoms with Gasteiger partial charge in [0, 0.05) is 13.1 Å². The number of thiazole rings is 1. The number of hydrogen-bond donors (Lipinski definition) is 0. The summed E-state index contributed by atoms with van der Waals surface area (Å²) in [7, 11) is 2.88. The van der Waals surface area contributed by atoms with Gasteiger partial charge in [-0.2, -0.15) is 0 Å². The van der Waals surface area contributed by atoms with Gasteiger partial charge in [-0.05, 0) is 13.0 Å². The molecule has 0 saturated carbocycles. The van der Waals surface area contributed by atoms with Gasteiger partial charge in [-0.1, -0.05) is 0 Å². The van der Waals surface area contributed by atoms with Gasteiger partial charge in [-0.25, -0.2) is 4.98 Å². The third kappa shape index (κ3) is 2.69. The molecule has 0 aliphatic rings. The van der Waals surface area contributed by atoms with Crippen LogP contribution in [-0.2, 0) is 9.53 Å². The van der Waals surface area contributed by atoms with Crippen LogP contribution in [0.2, 0.25) is 0 Å². The lowest BCUT2D eigenvalue weighted by Gasteiger charge is -2.17. The Bertz CT molecular complexity index is 683. The molecular weight excluding hydrogens is 282 g/mol. The van der Waals surface area contributed by atoms with Gasteiger partial charge in [0.05, 0.1) is 27.3 Å². The molecule has 106 valence electrons. The number of hydrogen-bond acceptors (Lipinski definition) is 7. The monoisotopic (exact) mass is 295 g/mol. The molecule has 1 aromatic heterocycles. The van der Waals surface area contributed by atoms with Crippen molar-refractivity contribution in [3.05, 3.63) is 27.3 Å². The molecule has 0 N–H and O–H groups in total. The van der Waals surface area contributed by atoms with Crippen LogP contribution in [0.25, 0.3) is 10.2 Å². The third-order valence-electron chi connectivity index (χ3n) is 2.79. The van der Waals surface area contributed by atoms with Crippen LogP contribution in [0.15, 0.2) is 12.1 Å². The number of anilines is 1. The van der Waals surface area contributed by atoms with Gasteiger partial charge in [-0.15, -0.1) is 11.3 Å². The van der Waals surface area contributed by atoms with Gasteiger partial charge in [0.2, 0.25) is 0 Å². The molecule has 1 heterocycles. The molecule has 1 aromatic carbocycles. The van der Waals surface area contributed by atoms with Crippen LogP contribution >= 0.6 is 11.3 Å². The third-order valence-corrected chi connectivity index (χ3v) is 3.73. The van der Waals surface area contributed by atoms with Gasteiger partial charge in [0.1, 0.15) is 12.2 Å². The number of esters is 1. The number of aryl methyl sites for hydroxylation is 1. The van der Waals surface area contributed by atoms with E-state index < -0.39 is 10.9 Å². The molecule has 0 saturated heterocycles. The molecule has 7 nitrogen and oxygen atoms in total. The van der Waals surface area contributed by atoms with Crippen molar-refractivity contribution in [1.29, 1.82) is 0 Å². The highest BCUT2D eigenvalue weighted by Gasteiger charge is 2.21. The van der Waals surface area contributed by atoms with E-state index in [2.05, 4.69) is 9.72 Å². The summed E-state index contributed by atoms with van der Waals surface area (Å²) in [5.74, 6) is -0.462. The molecule has 0 spiro atoms. The largest absolute Gasteiger partial charge is 0.468 e. The minimum Gasteiger partial charge on any atom is -0.468 e. The number of rotatable bonds is 4. The second kappa shape index (κ2) is 5.41. The maximum atomic E-state index is 11.3. The van der Waals surface area contributed by atoms with E-state index in [0.29, 0.717) is 11.2 Å². The van der Waals surface area contributed by atoms with Crippen LogP contribution in [0.4, 0.5) is 11.4 Å². The van der Waals surface area contributed by atoms with E-state index in [9.17, 15) is 14.9 Å². The molecule has 0 aliphatic carbocycles. The number of carbonyl (C=O) groups excluding carboxylic acids is 1. The van der Waals surface area contributed by atoms with Crippen LogP contribution < -0.4 is 4.90 Å². The second-order valence-corrected chi connectivity index (χ2v) is 5.47. The number of nitro groups is 1. The molecule has 2 aromatic rings. The van der Waals surface area contributed by atoms with Crippen LogP contribution in [0.5, 0.6) is 0 Å². The summed E-state index contributed by atoms with van der Waals surface area (Å²) >= 11 is 1.40. The van der Waals surface area contributed by atoms with Crippen LogP contribution in [0.3, 0.4) is 0 Å². The van der Waals surface area contributed by atoms with Crippen molar-refractivity contribution in [1.82, 2.24) is 4.98 Å². The first-order valence-corrected chi connectivity index (χ1v) is 6.57. The van der Waals surface area contributed by atoms with E-state index in [1.54, 1.807) is 13.1 Å². The van der Waals surface area contributed by atoms with E-state index in [0.717, 1.165) is 9.71 Å². The minimum absolute atomic E-state index is 0.0486. The summed E-state index contributed by atoms with van der Waals surface area (Å²) in [5.41, 5.74) is 0.982. The predicted molar refractivity (Wildman–Crippen MR) is 76.3 cm³/mol. The molecule has 2 rings (SSSR count). The minimum atomic E-state index is -0.462. The highest BCUT2D eigenvalue weighted by atomic mass is 32.1. The van der Waals surface area contributed by atoms with Gasteiger partial charge >= 0.3 is 5.97 Å². The van der Waals surface area contributed by atoms with Gasteiger partial charge in [0.25, 0.3) is 5.69 Å². The molecule has 0 unspecified atom stereocenters. The molecule has 0 fully saturated rings. The Hall–Kier alpha value is -2.22. The van der Waals surface area contributed by atoms with Gasteiger partial charge < -0.3 is 9.64 Å². The zero-order chi connectivity index (χ0) is 14.9.